The summed E-state index contributed by atoms with van der Waals surface area (Å²) in [7, 11) is 0. The topological polar surface area (TPSA) is 218 Å². The number of rotatable bonds is 9. The van der Waals surface area contributed by atoms with Crippen LogP contribution in [0, 0.1) is 11.3 Å². The molecule has 2 aromatic rings. The average Bonchev–Trinajstić information content (AvgIpc) is 3.27. The molecule has 1 aromatic heterocycles. The van der Waals surface area contributed by atoms with E-state index in [1.165, 1.54) is 36.4 Å². The van der Waals surface area contributed by atoms with Crippen LogP contribution in [0.3, 0.4) is 0 Å². The van der Waals surface area contributed by atoms with E-state index in [1.54, 1.807) is 6.92 Å². The quantitative estimate of drug-likeness (QED) is 0.129. The number of nitrogens with one attached hydrogen (secondary N) is 1. The molecule has 0 amide bonds. The Morgan fingerprint density at radius 1 is 1.08 bits per heavy atom. The third kappa shape index (κ3) is 10.8. The number of aliphatic hydroxyl groups excluding tert-OH is 1. The number of aliphatic carboxylic acids is 2. The van der Waals surface area contributed by atoms with Crippen LogP contribution in [0.25, 0.3) is 0 Å². The highest BCUT2D eigenvalue weighted by Gasteiger charge is 2.38. The minimum absolute atomic E-state index is 0.0846. The van der Waals surface area contributed by atoms with Crippen LogP contribution in [0.1, 0.15) is 35.2 Å². The fraction of sp³-hybridized carbons (Fsp3) is 0.273. The molecular formula is C22H21F3N2O10S. The van der Waals surface area contributed by atoms with Crippen molar-refractivity contribution in [3.63, 3.8) is 0 Å². The summed E-state index contributed by atoms with van der Waals surface area (Å²) >= 11 is 0.332. The van der Waals surface area contributed by atoms with Crippen molar-refractivity contribution in [2.45, 2.75) is 32.0 Å². The molecule has 0 saturated carbocycles. The van der Waals surface area contributed by atoms with E-state index in [-0.39, 0.29) is 23.8 Å². The van der Waals surface area contributed by atoms with Crippen LogP contribution in [-0.4, -0.2) is 61.6 Å². The van der Waals surface area contributed by atoms with E-state index in [1.807, 2.05) is 0 Å². The minimum Gasteiger partial charge on any atom is -0.479 e. The van der Waals surface area contributed by atoms with E-state index in [0.717, 1.165) is 0 Å². The van der Waals surface area contributed by atoms with Gasteiger partial charge in [0, 0.05) is 17.9 Å². The summed E-state index contributed by atoms with van der Waals surface area (Å²) in [6.07, 6.45) is -7.52. The predicted octanol–water partition coefficient (Wildman–Crippen LogP) is 2.22. The van der Waals surface area contributed by atoms with Crippen LogP contribution >= 0.6 is 11.8 Å². The molecule has 2 atom stereocenters. The summed E-state index contributed by atoms with van der Waals surface area (Å²) < 4.78 is 42.3. The monoisotopic (exact) mass is 562 g/mol. The zero-order chi connectivity index (χ0) is 29.2. The standard InChI is InChI=1S/C20H20N2O8S.C2HF3O2/c1-10(20(28)31-16(24)9-14(23)18(25)26)8-13-6-7-15(29-13)19(27)30-12-4-2-11(3-5-12)17(21)22;3-2(4,5)1(6)7/h2-7,10,14,23H,8-9H2,1H3,(H3,21,22)(H,25,26);(H,6,7). The second-order valence-electron chi connectivity index (χ2n) is 7.35. The Balaban J connectivity index is 0.000000905. The van der Waals surface area contributed by atoms with Gasteiger partial charge in [-0.05, 0) is 48.2 Å². The lowest BCUT2D eigenvalue weighted by molar-refractivity contribution is -0.192. The van der Waals surface area contributed by atoms with Crippen LogP contribution in [0.4, 0.5) is 13.2 Å². The van der Waals surface area contributed by atoms with Crippen LogP contribution in [-0.2, 0) is 25.6 Å². The van der Waals surface area contributed by atoms with Crippen molar-refractivity contribution in [2.24, 2.45) is 11.7 Å². The molecule has 206 valence electrons. The van der Waals surface area contributed by atoms with Crippen molar-refractivity contribution in [3.05, 3.63) is 53.5 Å². The van der Waals surface area contributed by atoms with E-state index in [9.17, 15) is 32.3 Å². The number of nitrogens with two attached hydrogens (primary N) is 1. The van der Waals surface area contributed by atoms with Gasteiger partial charge in [0.1, 0.15) is 17.3 Å². The normalized spacial score (nSPS) is 12.3. The molecule has 6 N–H and O–H groups in total. The average molecular weight is 562 g/mol. The van der Waals surface area contributed by atoms with Crippen LogP contribution < -0.4 is 10.5 Å². The number of ether oxygens (including phenoxy) is 1. The van der Waals surface area contributed by atoms with Crippen molar-refractivity contribution >= 4 is 45.7 Å². The highest BCUT2D eigenvalue weighted by Crippen LogP contribution is 2.21. The van der Waals surface area contributed by atoms with Gasteiger partial charge in [-0.1, -0.05) is 6.92 Å². The van der Waals surface area contributed by atoms with Crippen LogP contribution in [0.15, 0.2) is 40.8 Å². The molecule has 0 saturated heterocycles. The number of hydrogen-bond donors (Lipinski definition) is 5. The molecule has 38 heavy (non-hydrogen) atoms. The Morgan fingerprint density at radius 2 is 1.63 bits per heavy atom. The SMILES string of the molecule is CC(Cc1ccc(C(=O)Oc2ccc(C(=N)N)cc2)o1)C(=O)SC(=O)CC(O)C(=O)O.O=C(O)C(F)(F)F. The fourth-order valence-electron chi connectivity index (χ4n) is 2.34. The summed E-state index contributed by atoms with van der Waals surface area (Å²) in [5.74, 6) is -5.37. The lowest BCUT2D eigenvalue weighted by Gasteiger charge is -2.08. The molecule has 16 heteroatoms. The van der Waals surface area contributed by atoms with Crippen molar-refractivity contribution in [3.8, 4) is 5.75 Å². The molecule has 0 fully saturated rings. The van der Waals surface area contributed by atoms with Crippen LogP contribution in [0.2, 0.25) is 0 Å². The fourth-order valence-corrected chi connectivity index (χ4v) is 3.09. The number of carboxylic acid groups (broad SMARTS) is 2. The Hall–Kier alpha value is -4.18. The van der Waals surface area contributed by atoms with E-state index in [0.29, 0.717) is 23.1 Å². The maximum Gasteiger partial charge on any atom is 0.490 e. The number of aliphatic hydroxyl groups is 1. The van der Waals surface area contributed by atoms with E-state index < -0.39 is 52.8 Å². The van der Waals surface area contributed by atoms with Gasteiger partial charge in [-0.2, -0.15) is 13.2 Å². The smallest absolute Gasteiger partial charge is 0.479 e. The number of hydrogen-bond acceptors (Lipinski definition) is 10. The minimum atomic E-state index is -5.08. The largest absolute Gasteiger partial charge is 0.490 e. The maximum absolute atomic E-state index is 12.2. The number of carbonyl (C=O) groups is 5. The zero-order valence-corrected chi connectivity index (χ0v) is 20.2. The van der Waals surface area contributed by atoms with Crippen molar-refractivity contribution in [2.75, 3.05) is 0 Å². The zero-order valence-electron chi connectivity index (χ0n) is 19.4. The molecule has 1 heterocycles. The number of esters is 1. The van der Waals surface area contributed by atoms with Gasteiger partial charge in [-0.3, -0.25) is 15.0 Å². The lowest BCUT2D eigenvalue weighted by Crippen LogP contribution is -2.23. The molecule has 0 radical (unpaired) electrons. The second-order valence-corrected chi connectivity index (χ2v) is 8.41. The Kier molecular flexibility index (Phi) is 11.7. The second kappa shape index (κ2) is 13.9. The number of alkyl halides is 3. The van der Waals surface area contributed by atoms with Gasteiger partial charge in [0.2, 0.25) is 5.76 Å². The van der Waals surface area contributed by atoms with E-state index in [4.69, 9.17) is 40.4 Å². The van der Waals surface area contributed by atoms with Gasteiger partial charge in [-0.25, -0.2) is 14.4 Å². The van der Waals surface area contributed by atoms with Gasteiger partial charge in [0.15, 0.2) is 16.3 Å². The first-order valence-electron chi connectivity index (χ1n) is 10.2. The molecule has 0 bridgehead atoms. The highest BCUT2D eigenvalue weighted by molar-refractivity contribution is 8.26. The summed E-state index contributed by atoms with van der Waals surface area (Å²) in [6, 6.07) is 8.91. The lowest BCUT2D eigenvalue weighted by atomic mass is 10.1. The molecule has 0 aliphatic heterocycles. The van der Waals surface area contributed by atoms with Gasteiger partial charge in [0.05, 0.1) is 6.42 Å². The first-order chi connectivity index (χ1) is 17.5. The van der Waals surface area contributed by atoms with Crippen molar-refractivity contribution in [1.29, 1.82) is 5.41 Å². The number of furan rings is 1. The Bertz CT molecular complexity index is 1190. The van der Waals surface area contributed by atoms with E-state index >= 15 is 0 Å². The number of halogens is 3. The Labute approximate surface area is 216 Å². The summed E-state index contributed by atoms with van der Waals surface area (Å²) in [4.78, 5) is 55.4. The molecule has 0 aliphatic rings. The predicted molar refractivity (Wildman–Crippen MR) is 124 cm³/mol. The third-order valence-electron chi connectivity index (χ3n) is 4.25. The van der Waals surface area contributed by atoms with E-state index in [2.05, 4.69) is 0 Å². The maximum atomic E-state index is 12.2. The summed E-state index contributed by atoms with van der Waals surface area (Å²) in [6.45, 7) is 1.55. The third-order valence-corrected chi connectivity index (χ3v) is 5.25. The number of benzene rings is 1. The van der Waals surface area contributed by atoms with Gasteiger partial charge in [-0.15, -0.1) is 0 Å². The number of amidine groups is 1. The summed E-state index contributed by atoms with van der Waals surface area (Å²) in [5, 5.41) is 30.9. The molecule has 2 rings (SSSR count). The molecular weight excluding hydrogens is 541 g/mol. The highest BCUT2D eigenvalue weighted by atomic mass is 32.2. The van der Waals surface area contributed by atoms with Crippen molar-refractivity contribution < 1.29 is 61.6 Å². The number of nitrogen functional groups attached to an aromatic ring is 1. The van der Waals surface area contributed by atoms with Crippen LogP contribution in [0.5, 0.6) is 5.75 Å². The van der Waals surface area contributed by atoms with Gasteiger partial charge in [0.25, 0.3) is 0 Å². The van der Waals surface area contributed by atoms with Gasteiger partial charge >= 0.3 is 24.1 Å². The van der Waals surface area contributed by atoms with Crippen molar-refractivity contribution in [1.82, 2.24) is 0 Å². The number of thioether (sulfide) groups is 1. The molecule has 12 nitrogen and oxygen atoms in total. The Morgan fingerprint density at radius 3 is 2.11 bits per heavy atom. The number of carboxylic acids is 2. The molecule has 1 aromatic carbocycles. The van der Waals surface area contributed by atoms with Gasteiger partial charge < -0.3 is 30.2 Å². The number of carbonyl (C=O) groups excluding carboxylic acids is 3. The first-order valence-corrected chi connectivity index (χ1v) is 11.0. The first kappa shape index (κ1) is 31.8. The summed E-state index contributed by atoms with van der Waals surface area (Å²) in [5.41, 5.74) is 5.84. The molecule has 2 unspecified atom stereocenters. The molecule has 0 spiro atoms. The molecule has 0 aliphatic carbocycles.